The largest absolute Gasteiger partial charge is 0.464 e. The van der Waals surface area contributed by atoms with Crippen LogP contribution in [-0.2, 0) is 16.0 Å². The maximum Gasteiger partial charge on any atom is 0.335 e. The molecule has 0 N–H and O–H groups in total. The third kappa shape index (κ3) is 1.91. The predicted octanol–water partition coefficient (Wildman–Crippen LogP) is 1.92. The van der Waals surface area contributed by atoms with Crippen LogP contribution < -0.4 is 0 Å². The fourth-order valence-electron chi connectivity index (χ4n) is 1.73. The molecule has 0 saturated heterocycles. The van der Waals surface area contributed by atoms with E-state index in [9.17, 15) is 4.79 Å². The van der Waals surface area contributed by atoms with Gasteiger partial charge in [-0.05, 0) is 18.1 Å². The lowest BCUT2D eigenvalue weighted by atomic mass is 9.96. The van der Waals surface area contributed by atoms with E-state index in [1.807, 2.05) is 24.3 Å². The van der Waals surface area contributed by atoms with Gasteiger partial charge in [-0.2, -0.15) is 0 Å². The lowest BCUT2D eigenvalue weighted by Crippen LogP contribution is -2.18. The molecule has 15 heavy (non-hydrogen) atoms. The van der Waals surface area contributed by atoms with Crippen molar-refractivity contribution in [2.24, 2.45) is 4.99 Å². The molecule has 1 aliphatic heterocycles. The standard InChI is InChI=1S/C12H13NO2/c1-2-15-12(14)11-10-6-4-3-5-9(10)7-8-13-11/h3-6,8,11H,2,7H2,1H3. The Hall–Kier alpha value is -1.64. The number of ether oxygens (including phenoxy) is 1. The van der Waals surface area contributed by atoms with Crippen molar-refractivity contribution in [1.29, 1.82) is 0 Å². The van der Waals surface area contributed by atoms with Gasteiger partial charge in [-0.25, -0.2) is 4.79 Å². The highest BCUT2D eigenvalue weighted by Gasteiger charge is 2.24. The van der Waals surface area contributed by atoms with Gasteiger partial charge in [0.05, 0.1) is 6.61 Å². The first-order chi connectivity index (χ1) is 7.33. The second kappa shape index (κ2) is 4.26. The smallest absolute Gasteiger partial charge is 0.335 e. The fraction of sp³-hybridized carbons (Fsp3) is 0.333. The summed E-state index contributed by atoms with van der Waals surface area (Å²) in [4.78, 5) is 15.8. The third-order valence-corrected chi connectivity index (χ3v) is 2.43. The molecule has 1 unspecified atom stereocenters. The van der Waals surface area contributed by atoms with Crippen LogP contribution >= 0.6 is 0 Å². The summed E-state index contributed by atoms with van der Waals surface area (Å²) in [7, 11) is 0. The first kappa shape index (κ1) is 9.90. The topological polar surface area (TPSA) is 38.7 Å². The molecule has 0 spiro atoms. The average molecular weight is 203 g/mol. The summed E-state index contributed by atoms with van der Waals surface area (Å²) < 4.78 is 4.99. The highest BCUT2D eigenvalue weighted by molar-refractivity contribution is 5.82. The monoisotopic (exact) mass is 203 g/mol. The van der Waals surface area contributed by atoms with Crippen molar-refractivity contribution < 1.29 is 9.53 Å². The highest BCUT2D eigenvalue weighted by Crippen LogP contribution is 2.26. The minimum absolute atomic E-state index is 0.263. The molecule has 1 aliphatic rings. The van der Waals surface area contributed by atoms with Gasteiger partial charge in [0, 0.05) is 12.6 Å². The van der Waals surface area contributed by atoms with Gasteiger partial charge in [0.25, 0.3) is 0 Å². The summed E-state index contributed by atoms with van der Waals surface area (Å²) in [5.41, 5.74) is 2.13. The molecular weight excluding hydrogens is 190 g/mol. The number of rotatable bonds is 2. The molecule has 0 radical (unpaired) electrons. The Morgan fingerprint density at radius 2 is 2.33 bits per heavy atom. The van der Waals surface area contributed by atoms with Crippen molar-refractivity contribution in [2.75, 3.05) is 6.61 Å². The fourth-order valence-corrected chi connectivity index (χ4v) is 1.73. The molecule has 3 heteroatoms. The van der Waals surface area contributed by atoms with Crippen LogP contribution in [-0.4, -0.2) is 18.8 Å². The highest BCUT2D eigenvalue weighted by atomic mass is 16.5. The molecule has 1 aromatic rings. The summed E-state index contributed by atoms with van der Waals surface area (Å²) in [6, 6.07) is 7.39. The van der Waals surface area contributed by atoms with E-state index in [-0.39, 0.29) is 5.97 Å². The van der Waals surface area contributed by atoms with Crippen LogP contribution in [0.25, 0.3) is 0 Å². The lowest BCUT2D eigenvalue weighted by Gasteiger charge is -2.18. The van der Waals surface area contributed by atoms with Crippen LogP contribution in [0, 0.1) is 0 Å². The summed E-state index contributed by atoms with van der Waals surface area (Å²) in [5.74, 6) is -0.263. The van der Waals surface area contributed by atoms with Gasteiger partial charge in [0.1, 0.15) is 0 Å². The molecule has 78 valence electrons. The molecule has 0 amide bonds. The van der Waals surface area contributed by atoms with E-state index in [0.717, 1.165) is 17.5 Å². The van der Waals surface area contributed by atoms with Crippen molar-refractivity contribution in [2.45, 2.75) is 19.4 Å². The van der Waals surface area contributed by atoms with Crippen molar-refractivity contribution in [3.05, 3.63) is 35.4 Å². The van der Waals surface area contributed by atoms with Crippen molar-refractivity contribution in [3.63, 3.8) is 0 Å². The summed E-state index contributed by atoms with van der Waals surface area (Å²) in [6.45, 7) is 2.20. The van der Waals surface area contributed by atoms with Crippen molar-refractivity contribution >= 4 is 12.2 Å². The number of esters is 1. The number of hydrogen-bond acceptors (Lipinski definition) is 3. The Kier molecular flexibility index (Phi) is 2.81. The average Bonchev–Trinajstić information content (AvgIpc) is 2.28. The molecule has 0 aromatic heterocycles. The maximum atomic E-state index is 11.6. The van der Waals surface area contributed by atoms with E-state index in [4.69, 9.17) is 4.74 Å². The summed E-state index contributed by atoms with van der Waals surface area (Å²) in [5, 5.41) is 0. The Morgan fingerprint density at radius 1 is 1.53 bits per heavy atom. The number of aliphatic imine (C=N–C) groups is 1. The van der Waals surface area contributed by atoms with Crippen LogP contribution in [0.15, 0.2) is 29.3 Å². The zero-order valence-corrected chi connectivity index (χ0v) is 8.64. The Morgan fingerprint density at radius 3 is 3.13 bits per heavy atom. The molecule has 0 bridgehead atoms. The summed E-state index contributed by atoms with van der Waals surface area (Å²) >= 11 is 0. The van der Waals surface area contributed by atoms with Crippen LogP contribution in [0.3, 0.4) is 0 Å². The van der Waals surface area contributed by atoms with Crippen LogP contribution in [0.1, 0.15) is 24.1 Å². The van der Waals surface area contributed by atoms with Gasteiger partial charge in [-0.3, -0.25) is 4.99 Å². The molecule has 0 fully saturated rings. The number of carbonyl (C=O) groups is 1. The number of hydrogen-bond donors (Lipinski definition) is 0. The van der Waals surface area contributed by atoms with Gasteiger partial charge >= 0.3 is 5.97 Å². The van der Waals surface area contributed by atoms with Crippen LogP contribution in [0.5, 0.6) is 0 Å². The SMILES string of the molecule is CCOC(=O)C1N=CCc2ccccc21. The van der Waals surface area contributed by atoms with E-state index in [2.05, 4.69) is 4.99 Å². The molecule has 3 nitrogen and oxygen atoms in total. The predicted molar refractivity (Wildman–Crippen MR) is 58.0 cm³/mol. The van der Waals surface area contributed by atoms with Crippen molar-refractivity contribution in [3.8, 4) is 0 Å². The minimum atomic E-state index is -0.463. The van der Waals surface area contributed by atoms with E-state index in [1.165, 1.54) is 0 Å². The van der Waals surface area contributed by atoms with Crippen LogP contribution in [0.2, 0.25) is 0 Å². The number of benzene rings is 1. The number of carbonyl (C=O) groups excluding carboxylic acids is 1. The lowest BCUT2D eigenvalue weighted by molar-refractivity contribution is -0.144. The van der Waals surface area contributed by atoms with Gasteiger partial charge in [0.15, 0.2) is 6.04 Å². The molecule has 1 heterocycles. The molecule has 0 aliphatic carbocycles. The minimum Gasteiger partial charge on any atom is -0.464 e. The molecular formula is C12H13NO2. The summed E-state index contributed by atoms with van der Waals surface area (Å²) in [6.07, 6.45) is 2.58. The number of fused-ring (bicyclic) bond motifs is 1. The first-order valence-corrected chi connectivity index (χ1v) is 5.09. The maximum absolute atomic E-state index is 11.6. The zero-order chi connectivity index (χ0) is 10.7. The Balaban J connectivity index is 2.30. The number of nitrogens with zero attached hydrogens (tertiary/aromatic N) is 1. The van der Waals surface area contributed by atoms with E-state index in [0.29, 0.717) is 6.61 Å². The molecule has 1 aromatic carbocycles. The third-order valence-electron chi connectivity index (χ3n) is 2.43. The zero-order valence-electron chi connectivity index (χ0n) is 8.64. The van der Waals surface area contributed by atoms with Crippen molar-refractivity contribution in [1.82, 2.24) is 0 Å². The van der Waals surface area contributed by atoms with E-state index in [1.54, 1.807) is 13.1 Å². The normalized spacial score (nSPS) is 18.3. The quantitative estimate of drug-likeness (QED) is 0.689. The van der Waals surface area contributed by atoms with E-state index < -0.39 is 6.04 Å². The van der Waals surface area contributed by atoms with E-state index >= 15 is 0 Å². The molecule has 2 rings (SSSR count). The first-order valence-electron chi connectivity index (χ1n) is 5.09. The second-order valence-corrected chi connectivity index (χ2v) is 3.39. The second-order valence-electron chi connectivity index (χ2n) is 3.39. The van der Waals surface area contributed by atoms with Gasteiger partial charge < -0.3 is 4.74 Å². The van der Waals surface area contributed by atoms with Gasteiger partial charge in [-0.1, -0.05) is 24.3 Å². The Bertz CT molecular complexity index is 398. The van der Waals surface area contributed by atoms with Crippen LogP contribution in [0.4, 0.5) is 0 Å². The molecule has 1 atom stereocenters. The van der Waals surface area contributed by atoms with Gasteiger partial charge in [-0.15, -0.1) is 0 Å². The Labute approximate surface area is 88.8 Å². The molecule has 0 saturated carbocycles. The van der Waals surface area contributed by atoms with Gasteiger partial charge in [0.2, 0.25) is 0 Å².